The number of carbonyl (C=O) groups excluding carboxylic acids is 1. The van der Waals surface area contributed by atoms with Crippen LogP contribution in [0.15, 0.2) is 13.6 Å². The second kappa shape index (κ2) is 7.23. The maximum atomic E-state index is 12.5. The molecule has 0 N–H and O–H groups in total. The monoisotopic (exact) mass is 407 g/mol. The molecule has 0 radical (unpaired) electrons. The van der Waals surface area contributed by atoms with Gasteiger partial charge in [0.05, 0.1) is 13.1 Å². The van der Waals surface area contributed by atoms with Crippen LogP contribution in [0.25, 0.3) is 0 Å². The van der Waals surface area contributed by atoms with Crippen molar-refractivity contribution >= 4 is 49.1 Å². The van der Waals surface area contributed by atoms with Gasteiger partial charge in [-0.25, -0.2) is 0 Å². The molecular weight excluding hydrogens is 390 g/mol. The van der Waals surface area contributed by atoms with Crippen molar-refractivity contribution < 1.29 is 4.79 Å². The highest BCUT2D eigenvalue weighted by molar-refractivity contribution is 9.12. The van der Waals surface area contributed by atoms with Gasteiger partial charge in [-0.15, -0.1) is 11.3 Å². The summed E-state index contributed by atoms with van der Waals surface area (Å²) in [6, 6.07) is 1.92. The summed E-state index contributed by atoms with van der Waals surface area (Å²) in [4.78, 5) is 14.6. The van der Waals surface area contributed by atoms with Crippen molar-refractivity contribution in [2.24, 2.45) is 5.92 Å². The second-order valence-electron chi connectivity index (χ2n) is 5.12. The van der Waals surface area contributed by atoms with Crippen molar-refractivity contribution in [1.82, 2.24) is 4.90 Å². The maximum absolute atomic E-state index is 12.5. The molecule has 2 heterocycles. The molecule has 1 aromatic rings. The highest BCUT2D eigenvalue weighted by Crippen LogP contribution is 2.33. The number of nitrogens with zero attached hydrogens (tertiary/aromatic N) is 1. The van der Waals surface area contributed by atoms with Crippen LogP contribution in [-0.2, 0) is 0 Å². The third kappa shape index (κ3) is 4.05. The Hall–Kier alpha value is 0.130. The molecule has 1 saturated heterocycles. The SMILES string of the molecule is CCCC1CCCN(C(=O)c2cc(Br)sc2Br)CC1. The number of amides is 1. The number of likely N-dealkylation sites (tertiary alicyclic amines) is 1. The van der Waals surface area contributed by atoms with Crippen LogP contribution in [0.5, 0.6) is 0 Å². The van der Waals surface area contributed by atoms with Gasteiger partial charge in [0.2, 0.25) is 0 Å². The topological polar surface area (TPSA) is 20.3 Å². The normalized spacial score (nSPS) is 20.4. The molecule has 1 aliphatic heterocycles. The molecule has 5 heteroatoms. The fraction of sp³-hybridized carbons (Fsp3) is 0.643. The molecule has 1 aromatic heterocycles. The lowest BCUT2D eigenvalue weighted by molar-refractivity contribution is 0.0759. The minimum atomic E-state index is 0.172. The van der Waals surface area contributed by atoms with Crippen LogP contribution in [-0.4, -0.2) is 23.9 Å². The van der Waals surface area contributed by atoms with Gasteiger partial charge in [0.1, 0.15) is 0 Å². The summed E-state index contributed by atoms with van der Waals surface area (Å²) in [7, 11) is 0. The minimum absolute atomic E-state index is 0.172. The third-order valence-corrected chi connectivity index (χ3v) is 6.06. The standard InChI is InChI=1S/C14H19Br2NOS/c1-2-4-10-5-3-7-17(8-6-10)14(18)11-9-12(15)19-13(11)16/h9-10H,2-8H2,1H3. The van der Waals surface area contributed by atoms with E-state index in [4.69, 9.17) is 0 Å². The van der Waals surface area contributed by atoms with Gasteiger partial charge < -0.3 is 4.90 Å². The number of hydrogen-bond acceptors (Lipinski definition) is 2. The Morgan fingerprint density at radius 3 is 2.84 bits per heavy atom. The Bertz CT molecular complexity index is 447. The highest BCUT2D eigenvalue weighted by Gasteiger charge is 2.23. The van der Waals surface area contributed by atoms with Gasteiger partial charge in [-0.05, 0) is 63.1 Å². The van der Waals surface area contributed by atoms with Gasteiger partial charge in [-0.1, -0.05) is 19.8 Å². The zero-order chi connectivity index (χ0) is 13.8. The molecule has 1 aliphatic rings. The number of halogens is 2. The molecule has 0 saturated carbocycles. The van der Waals surface area contributed by atoms with Gasteiger partial charge in [-0.3, -0.25) is 4.79 Å². The molecule has 1 amide bonds. The molecule has 1 unspecified atom stereocenters. The first-order chi connectivity index (χ1) is 9.11. The van der Waals surface area contributed by atoms with Gasteiger partial charge in [-0.2, -0.15) is 0 Å². The first-order valence-corrected chi connectivity index (χ1v) is 9.26. The summed E-state index contributed by atoms with van der Waals surface area (Å²) in [5.74, 6) is 0.978. The van der Waals surface area contributed by atoms with Crippen LogP contribution in [0.4, 0.5) is 0 Å². The van der Waals surface area contributed by atoms with E-state index in [9.17, 15) is 4.79 Å². The highest BCUT2D eigenvalue weighted by atomic mass is 79.9. The lowest BCUT2D eigenvalue weighted by Gasteiger charge is -2.20. The zero-order valence-electron chi connectivity index (χ0n) is 11.1. The van der Waals surface area contributed by atoms with Crippen molar-refractivity contribution in [2.45, 2.75) is 39.0 Å². The summed E-state index contributed by atoms with van der Waals surface area (Å²) in [6.07, 6.45) is 6.12. The van der Waals surface area contributed by atoms with Crippen molar-refractivity contribution in [3.8, 4) is 0 Å². The molecule has 2 nitrogen and oxygen atoms in total. The van der Waals surface area contributed by atoms with E-state index in [0.717, 1.165) is 45.0 Å². The smallest absolute Gasteiger partial charge is 0.255 e. The molecule has 0 spiro atoms. The zero-order valence-corrected chi connectivity index (χ0v) is 15.1. The van der Waals surface area contributed by atoms with Crippen LogP contribution in [0.2, 0.25) is 0 Å². The van der Waals surface area contributed by atoms with Crippen LogP contribution in [0.1, 0.15) is 49.4 Å². The summed E-state index contributed by atoms with van der Waals surface area (Å²) in [6.45, 7) is 4.05. The molecule has 106 valence electrons. The van der Waals surface area contributed by atoms with E-state index in [1.165, 1.54) is 19.3 Å². The van der Waals surface area contributed by atoms with E-state index in [2.05, 4.69) is 38.8 Å². The number of carbonyl (C=O) groups is 1. The van der Waals surface area contributed by atoms with Crippen LogP contribution < -0.4 is 0 Å². The van der Waals surface area contributed by atoms with Crippen LogP contribution in [0, 0.1) is 5.92 Å². The Morgan fingerprint density at radius 2 is 2.21 bits per heavy atom. The molecule has 19 heavy (non-hydrogen) atoms. The van der Waals surface area contributed by atoms with E-state index in [0.29, 0.717) is 0 Å². The quantitative estimate of drug-likeness (QED) is 0.662. The van der Waals surface area contributed by atoms with Gasteiger partial charge in [0.25, 0.3) is 5.91 Å². The Balaban J connectivity index is 2.02. The Kier molecular flexibility index (Phi) is 5.90. The molecule has 0 aromatic carbocycles. The largest absolute Gasteiger partial charge is 0.339 e. The van der Waals surface area contributed by atoms with Crippen molar-refractivity contribution in [2.75, 3.05) is 13.1 Å². The first-order valence-electron chi connectivity index (χ1n) is 6.86. The molecular formula is C14H19Br2NOS. The minimum Gasteiger partial charge on any atom is -0.339 e. The van der Waals surface area contributed by atoms with Gasteiger partial charge in [0, 0.05) is 13.1 Å². The number of rotatable bonds is 3. The first kappa shape index (κ1) is 15.5. The maximum Gasteiger partial charge on any atom is 0.255 e. The van der Waals surface area contributed by atoms with E-state index in [1.54, 1.807) is 11.3 Å². The predicted molar refractivity (Wildman–Crippen MR) is 87.9 cm³/mol. The molecule has 0 bridgehead atoms. The Labute approximate surface area is 135 Å². The number of hydrogen-bond donors (Lipinski definition) is 0. The van der Waals surface area contributed by atoms with Crippen molar-refractivity contribution in [1.29, 1.82) is 0 Å². The molecule has 2 rings (SSSR count). The number of thiophene rings is 1. The average molecular weight is 409 g/mol. The van der Waals surface area contributed by atoms with E-state index in [1.807, 2.05) is 11.0 Å². The fourth-order valence-electron chi connectivity index (χ4n) is 2.72. The summed E-state index contributed by atoms with van der Waals surface area (Å²) in [5, 5.41) is 0. The predicted octanol–water partition coefficient (Wildman–Crippen LogP) is 5.32. The van der Waals surface area contributed by atoms with Crippen molar-refractivity contribution in [3.63, 3.8) is 0 Å². The summed E-state index contributed by atoms with van der Waals surface area (Å²) < 4.78 is 1.93. The average Bonchev–Trinajstić information content (AvgIpc) is 2.59. The lowest BCUT2D eigenvalue weighted by atomic mass is 9.96. The third-order valence-electron chi connectivity index (χ3n) is 3.72. The van der Waals surface area contributed by atoms with Gasteiger partial charge >= 0.3 is 0 Å². The van der Waals surface area contributed by atoms with E-state index >= 15 is 0 Å². The van der Waals surface area contributed by atoms with Gasteiger partial charge in [0.15, 0.2) is 0 Å². The molecule has 1 atom stereocenters. The fourth-order valence-corrected chi connectivity index (χ4v) is 5.50. The van der Waals surface area contributed by atoms with E-state index in [-0.39, 0.29) is 5.91 Å². The van der Waals surface area contributed by atoms with Crippen molar-refractivity contribution in [3.05, 3.63) is 19.2 Å². The Morgan fingerprint density at radius 1 is 1.42 bits per heavy atom. The van der Waals surface area contributed by atoms with Crippen LogP contribution >= 0.6 is 43.2 Å². The van der Waals surface area contributed by atoms with E-state index < -0.39 is 0 Å². The summed E-state index contributed by atoms with van der Waals surface area (Å²) >= 11 is 8.48. The second-order valence-corrected chi connectivity index (χ2v) is 8.87. The lowest BCUT2D eigenvalue weighted by Crippen LogP contribution is -2.31. The summed E-state index contributed by atoms with van der Waals surface area (Å²) in [5.41, 5.74) is 0.797. The van der Waals surface area contributed by atoms with Crippen LogP contribution in [0.3, 0.4) is 0 Å². The molecule has 0 aliphatic carbocycles. The molecule has 1 fully saturated rings.